The Morgan fingerprint density at radius 2 is 1.87 bits per heavy atom. The molecule has 2 aromatic heterocycles. The van der Waals surface area contributed by atoms with Gasteiger partial charge in [-0.05, 0) is 60.6 Å². The highest BCUT2D eigenvalue weighted by Crippen LogP contribution is 2.61. The smallest absolute Gasteiger partial charge is 0.335 e. The molecule has 2 fully saturated rings. The number of hydrogen-bond donors (Lipinski definition) is 1. The summed E-state index contributed by atoms with van der Waals surface area (Å²) in [6, 6.07) is 12.8. The van der Waals surface area contributed by atoms with Gasteiger partial charge in [0.1, 0.15) is 23.8 Å². The van der Waals surface area contributed by atoms with E-state index in [0.29, 0.717) is 38.0 Å². The van der Waals surface area contributed by atoms with E-state index >= 15 is 0 Å². The van der Waals surface area contributed by atoms with Crippen LogP contribution in [0, 0.1) is 0 Å². The summed E-state index contributed by atoms with van der Waals surface area (Å²) in [6.45, 7) is 2.36. The molecule has 2 unspecified atom stereocenters. The van der Waals surface area contributed by atoms with Gasteiger partial charge in [0.2, 0.25) is 0 Å². The molecule has 0 spiro atoms. The van der Waals surface area contributed by atoms with Gasteiger partial charge in [-0.15, -0.1) is 0 Å². The van der Waals surface area contributed by atoms with Crippen molar-refractivity contribution in [3.05, 3.63) is 97.9 Å². The molecule has 0 bridgehead atoms. The predicted molar refractivity (Wildman–Crippen MR) is 146 cm³/mol. The third kappa shape index (κ3) is 4.55. The normalized spacial score (nSPS) is 20.4. The van der Waals surface area contributed by atoms with Crippen LogP contribution >= 0.6 is 34.8 Å². The van der Waals surface area contributed by atoms with Crippen LogP contribution in [0.15, 0.2) is 59.4 Å². The molecule has 0 saturated heterocycles. The molecule has 2 saturated carbocycles. The molecule has 4 aromatic rings. The van der Waals surface area contributed by atoms with Gasteiger partial charge in [0.25, 0.3) is 0 Å². The van der Waals surface area contributed by atoms with E-state index in [4.69, 9.17) is 44.1 Å². The first-order valence-corrected chi connectivity index (χ1v) is 13.4. The topological polar surface area (TPSA) is 85.5 Å². The minimum Gasteiger partial charge on any atom is -0.489 e. The van der Waals surface area contributed by atoms with Crippen molar-refractivity contribution in [3.8, 4) is 17.0 Å². The number of aromatic nitrogens is 2. The molecule has 2 heterocycles. The highest BCUT2D eigenvalue weighted by atomic mass is 35.5. The van der Waals surface area contributed by atoms with Gasteiger partial charge in [-0.3, -0.25) is 4.98 Å². The Morgan fingerprint density at radius 1 is 1.11 bits per heavy atom. The van der Waals surface area contributed by atoms with E-state index in [-0.39, 0.29) is 23.5 Å². The van der Waals surface area contributed by atoms with Gasteiger partial charge in [0.05, 0.1) is 21.2 Å². The molecule has 2 aromatic carbocycles. The maximum atomic E-state index is 11.4. The molecule has 6 rings (SSSR count). The van der Waals surface area contributed by atoms with Crippen molar-refractivity contribution >= 4 is 40.8 Å². The lowest BCUT2D eigenvalue weighted by molar-refractivity contribution is 0.0696. The molecule has 2 atom stereocenters. The van der Waals surface area contributed by atoms with Crippen LogP contribution in [-0.2, 0) is 12.0 Å². The van der Waals surface area contributed by atoms with Crippen molar-refractivity contribution < 1.29 is 19.2 Å². The van der Waals surface area contributed by atoms with Gasteiger partial charge < -0.3 is 14.4 Å². The zero-order valence-electron chi connectivity index (χ0n) is 20.4. The first kappa shape index (κ1) is 25.2. The van der Waals surface area contributed by atoms with Gasteiger partial charge in [-0.2, -0.15) is 0 Å². The third-order valence-electron chi connectivity index (χ3n) is 7.59. The maximum Gasteiger partial charge on any atom is 0.335 e. The summed E-state index contributed by atoms with van der Waals surface area (Å²) in [6.07, 6.45) is 6.02. The van der Waals surface area contributed by atoms with E-state index in [1.807, 2.05) is 24.3 Å². The second kappa shape index (κ2) is 9.60. The Hall–Kier alpha value is -3.06. The van der Waals surface area contributed by atoms with Gasteiger partial charge in [-0.1, -0.05) is 65.1 Å². The molecule has 2 aliphatic carbocycles. The number of aromatic carboxylic acids is 1. The molecular weight excluding hydrogens is 547 g/mol. The average molecular weight is 570 g/mol. The fourth-order valence-corrected chi connectivity index (χ4v) is 5.99. The molecule has 2 aliphatic rings. The zero-order valence-corrected chi connectivity index (χ0v) is 22.6. The van der Waals surface area contributed by atoms with Crippen molar-refractivity contribution in [2.75, 3.05) is 0 Å². The first-order chi connectivity index (χ1) is 18.3. The Balaban J connectivity index is 1.23. The number of rotatable bonds is 8. The van der Waals surface area contributed by atoms with E-state index in [0.717, 1.165) is 41.7 Å². The summed E-state index contributed by atoms with van der Waals surface area (Å²) in [5.74, 6) is 0.989. The van der Waals surface area contributed by atoms with Crippen LogP contribution in [0.4, 0.5) is 0 Å². The molecule has 38 heavy (non-hydrogen) atoms. The van der Waals surface area contributed by atoms with E-state index in [1.54, 1.807) is 18.2 Å². The lowest BCUT2D eigenvalue weighted by Crippen LogP contribution is -2.06. The number of ether oxygens (including phenoxy) is 1. The number of pyridine rings is 1. The van der Waals surface area contributed by atoms with Gasteiger partial charge in [0.15, 0.2) is 0 Å². The van der Waals surface area contributed by atoms with Crippen LogP contribution < -0.4 is 4.74 Å². The van der Waals surface area contributed by atoms with Crippen molar-refractivity contribution in [2.24, 2.45) is 0 Å². The molecule has 9 heteroatoms. The molecule has 0 aliphatic heterocycles. The quantitative estimate of drug-likeness (QED) is 0.230. The lowest BCUT2D eigenvalue weighted by atomic mass is 9.91. The largest absolute Gasteiger partial charge is 0.489 e. The van der Waals surface area contributed by atoms with Crippen LogP contribution in [0.2, 0.25) is 15.1 Å². The highest BCUT2D eigenvalue weighted by molar-refractivity contribution is 6.38. The maximum absolute atomic E-state index is 11.4. The number of halogens is 3. The Morgan fingerprint density at radius 3 is 2.55 bits per heavy atom. The molecule has 194 valence electrons. The van der Waals surface area contributed by atoms with E-state index < -0.39 is 5.97 Å². The monoisotopic (exact) mass is 568 g/mol. The summed E-state index contributed by atoms with van der Waals surface area (Å²) in [5.41, 5.74) is 4.09. The molecule has 0 radical (unpaired) electrons. The number of carboxylic acid groups (broad SMARTS) is 1. The molecule has 1 N–H and O–H groups in total. The molecule has 0 amide bonds. The fraction of sp³-hybridized carbons (Fsp3) is 0.276. The Labute approximate surface area is 234 Å². The predicted octanol–water partition coefficient (Wildman–Crippen LogP) is 8.30. The van der Waals surface area contributed by atoms with Gasteiger partial charge in [-0.25, -0.2) is 4.79 Å². The van der Waals surface area contributed by atoms with Crippen LogP contribution in [-0.4, -0.2) is 21.2 Å². The summed E-state index contributed by atoms with van der Waals surface area (Å²) in [7, 11) is 0. The van der Waals surface area contributed by atoms with Crippen molar-refractivity contribution in [1.82, 2.24) is 10.1 Å². The number of nitrogens with zero attached hydrogens (tertiary/aromatic N) is 2. The SMILES string of the molecule is CC1(c2cccc(C(=O)O)c2)CC1c1ccc(OCc2c(-c3c(Cl)cncc3Cl)noc2C2CC2)cc1Cl. The van der Waals surface area contributed by atoms with Crippen LogP contribution in [0.5, 0.6) is 5.75 Å². The fourth-order valence-electron chi connectivity index (χ4n) is 5.14. The van der Waals surface area contributed by atoms with Gasteiger partial charge in [0, 0.05) is 34.3 Å². The second-order valence-electron chi connectivity index (χ2n) is 10.2. The number of hydrogen-bond acceptors (Lipinski definition) is 5. The minimum atomic E-state index is -0.929. The highest BCUT2D eigenvalue weighted by Gasteiger charge is 2.52. The number of benzene rings is 2. The second-order valence-corrected chi connectivity index (χ2v) is 11.4. The minimum absolute atomic E-state index is 0.170. The zero-order chi connectivity index (χ0) is 26.6. The van der Waals surface area contributed by atoms with Crippen molar-refractivity contribution in [3.63, 3.8) is 0 Å². The van der Waals surface area contributed by atoms with Crippen LogP contribution in [0.1, 0.15) is 70.8 Å². The van der Waals surface area contributed by atoms with Crippen molar-refractivity contribution in [2.45, 2.75) is 50.0 Å². The standard InChI is InChI=1S/C29H23Cl3N2O4/c1-29(17-4-2-3-16(9-17)28(35)36)11-21(29)19-8-7-18(10-22(19)30)37-14-20-26(34-38-27(20)15-5-6-15)25-23(31)12-33-13-24(25)32/h2-4,7-10,12-13,15,21H,5-6,11,14H2,1H3,(H,35,36). The van der Waals surface area contributed by atoms with E-state index in [9.17, 15) is 9.90 Å². The summed E-state index contributed by atoms with van der Waals surface area (Å²) in [5, 5.41) is 15.1. The van der Waals surface area contributed by atoms with Gasteiger partial charge >= 0.3 is 5.97 Å². The Bertz CT molecular complexity index is 1550. The average Bonchev–Trinajstić information content (AvgIpc) is 3.81. The third-order valence-corrected chi connectivity index (χ3v) is 8.49. The van der Waals surface area contributed by atoms with E-state index in [2.05, 4.69) is 17.1 Å². The number of carboxylic acids is 1. The number of carbonyl (C=O) groups is 1. The molecular formula is C29H23Cl3N2O4. The van der Waals surface area contributed by atoms with Crippen molar-refractivity contribution in [1.29, 1.82) is 0 Å². The van der Waals surface area contributed by atoms with E-state index in [1.165, 1.54) is 12.4 Å². The first-order valence-electron chi connectivity index (χ1n) is 12.3. The van der Waals surface area contributed by atoms with Crippen LogP contribution in [0.3, 0.4) is 0 Å². The molecule has 6 nitrogen and oxygen atoms in total. The summed E-state index contributed by atoms with van der Waals surface area (Å²) >= 11 is 19.5. The lowest BCUT2D eigenvalue weighted by Gasteiger charge is -2.15. The Kier molecular flexibility index (Phi) is 6.37. The summed E-state index contributed by atoms with van der Waals surface area (Å²) in [4.78, 5) is 15.5. The summed E-state index contributed by atoms with van der Waals surface area (Å²) < 4.78 is 11.9. The van der Waals surface area contributed by atoms with Crippen LogP contribution in [0.25, 0.3) is 11.3 Å².